The van der Waals surface area contributed by atoms with Gasteiger partial charge in [-0.05, 0) is 82.7 Å². The van der Waals surface area contributed by atoms with E-state index < -0.39 is 11.7 Å². The second-order valence-corrected chi connectivity index (χ2v) is 10.6. The molecule has 2 aromatic rings. The quantitative estimate of drug-likeness (QED) is 0.305. The molecule has 1 saturated carbocycles. The van der Waals surface area contributed by atoms with Crippen molar-refractivity contribution in [2.45, 2.75) is 90.7 Å². The van der Waals surface area contributed by atoms with Gasteiger partial charge in [0.1, 0.15) is 5.60 Å². The Morgan fingerprint density at radius 3 is 2.34 bits per heavy atom. The van der Waals surface area contributed by atoms with E-state index >= 15 is 0 Å². The van der Waals surface area contributed by atoms with Gasteiger partial charge in [-0.3, -0.25) is 10.1 Å². The average molecular weight is 480 g/mol. The van der Waals surface area contributed by atoms with E-state index in [9.17, 15) is 9.59 Å². The van der Waals surface area contributed by atoms with E-state index in [1.807, 2.05) is 62.1 Å². The highest BCUT2D eigenvalue weighted by molar-refractivity contribution is 6.09. The summed E-state index contributed by atoms with van der Waals surface area (Å²) in [5.41, 5.74) is 7.69. The number of benzene rings is 2. The third-order valence-corrected chi connectivity index (χ3v) is 6.55. The van der Waals surface area contributed by atoms with E-state index in [-0.39, 0.29) is 11.9 Å². The summed E-state index contributed by atoms with van der Waals surface area (Å²) < 4.78 is 5.47. The topological polar surface area (TPSA) is 84.7 Å². The number of ether oxygens (including phenoxy) is 1. The predicted octanol–water partition coefficient (Wildman–Crippen LogP) is 7.40. The lowest BCUT2D eigenvalue weighted by molar-refractivity contribution is 0.0635. The minimum absolute atomic E-state index is 0.0490. The number of amides is 2. The average Bonchev–Trinajstić information content (AvgIpc) is 2.81. The van der Waals surface area contributed by atoms with Crippen molar-refractivity contribution in [3.8, 4) is 0 Å². The number of carbonyl (C=O) groups excluding carboxylic acids is 2. The molecule has 0 aliphatic heterocycles. The zero-order valence-corrected chi connectivity index (χ0v) is 21.7. The molecule has 0 saturated heterocycles. The van der Waals surface area contributed by atoms with Crippen LogP contribution in [-0.4, -0.2) is 23.6 Å². The van der Waals surface area contributed by atoms with Crippen molar-refractivity contribution in [3.05, 3.63) is 54.1 Å². The smallest absolute Gasteiger partial charge is 0.412 e. The first kappa shape index (κ1) is 26.6. The van der Waals surface area contributed by atoms with Crippen LogP contribution in [0.1, 0.15) is 89.4 Å². The number of nitrogens with zero attached hydrogens (tertiary/aromatic N) is 1. The first-order chi connectivity index (χ1) is 16.7. The molecule has 0 heterocycles. The Morgan fingerprint density at radius 2 is 1.71 bits per heavy atom. The standard InChI is InChI=1S/C29H41N3O3/c1-5-6-8-11-21-14-17-24(18-15-21)32(27(33)22-12-9-7-10-13-22)26-19-16-23(30)20-25(26)31-28(34)35-29(2,3)4/h7,9-10,12-13,16,19-21,24H,5-6,8,11,14-15,17-18,30H2,1-4H3,(H,31,34). The predicted molar refractivity (Wildman–Crippen MR) is 144 cm³/mol. The van der Waals surface area contributed by atoms with Crippen molar-refractivity contribution in [1.29, 1.82) is 0 Å². The van der Waals surface area contributed by atoms with E-state index in [2.05, 4.69) is 12.2 Å². The van der Waals surface area contributed by atoms with Crippen molar-refractivity contribution < 1.29 is 14.3 Å². The van der Waals surface area contributed by atoms with E-state index in [4.69, 9.17) is 10.5 Å². The zero-order chi connectivity index (χ0) is 25.4. The Morgan fingerprint density at radius 1 is 1.03 bits per heavy atom. The molecule has 0 unspecified atom stereocenters. The first-order valence-corrected chi connectivity index (χ1v) is 13.0. The van der Waals surface area contributed by atoms with Gasteiger partial charge >= 0.3 is 6.09 Å². The van der Waals surface area contributed by atoms with Gasteiger partial charge in [-0.1, -0.05) is 50.8 Å². The molecule has 1 aliphatic rings. The number of hydrogen-bond donors (Lipinski definition) is 2. The van der Waals surface area contributed by atoms with Crippen LogP contribution in [0.15, 0.2) is 48.5 Å². The molecule has 2 amide bonds. The van der Waals surface area contributed by atoms with E-state index in [1.54, 1.807) is 12.1 Å². The Labute approximate surface area is 210 Å². The maximum Gasteiger partial charge on any atom is 0.412 e. The Kier molecular flexibility index (Phi) is 9.19. The lowest BCUT2D eigenvalue weighted by Gasteiger charge is -2.38. The molecule has 3 rings (SSSR count). The Bertz CT molecular complexity index is 976. The van der Waals surface area contributed by atoms with Gasteiger partial charge < -0.3 is 15.4 Å². The molecule has 6 heteroatoms. The van der Waals surface area contributed by atoms with Crippen molar-refractivity contribution in [2.75, 3.05) is 16.0 Å². The Balaban J connectivity index is 1.90. The van der Waals surface area contributed by atoms with Crippen molar-refractivity contribution in [3.63, 3.8) is 0 Å². The monoisotopic (exact) mass is 479 g/mol. The van der Waals surface area contributed by atoms with Crippen molar-refractivity contribution in [2.24, 2.45) is 5.92 Å². The molecule has 35 heavy (non-hydrogen) atoms. The minimum atomic E-state index is -0.639. The SMILES string of the molecule is CCCCCC1CCC(N(C(=O)c2ccccc2)c2ccc(N)cc2NC(=O)OC(C)(C)C)CC1. The summed E-state index contributed by atoms with van der Waals surface area (Å²) in [6.07, 6.45) is 8.57. The summed E-state index contributed by atoms with van der Waals surface area (Å²) in [5.74, 6) is 0.647. The van der Waals surface area contributed by atoms with Crippen LogP contribution in [0.2, 0.25) is 0 Å². The molecule has 0 bridgehead atoms. The minimum Gasteiger partial charge on any atom is -0.444 e. The summed E-state index contributed by atoms with van der Waals surface area (Å²) >= 11 is 0. The van der Waals surface area contributed by atoms with Gasteiger partial charge in [0.25, 0.3) is 5.91 Å². The second-order valence-electron chi connectivity index (χ2n) is 10.6. The van der Waals surface area contributed by atoms with Gasteiger partial charge in [-0.2, -0.15) is 0 Å². The molecule has 6 nitrogen and oxygen atoms in total. The molecule has 0 radical (unpaired) electrons. The number of nitrogens with two attached hydrogens (primary N) is 1. The van der Waals surface area contributed by atoms with Crippen molar-refractivity contribution in [1.82, 2.24) is 0 Å². The maximum atomic E-state index is 13.8. The third kappa shape index (κ3) is 7.74. The summed E-state index contributed by atoms with van der Waals surface area (Å²) in [7, 11) is 0. The number of rotatable bonds is 8. The summed E-state index contributed by atoms with van der Waals surface area (Å²) in [6.45, 7) is 7.69. The highest BCUT2D eigenvalue weighted by atomic mass is 16.6. The van der Waals surface area contributed by atoms with Crippen molar-refractivity contribution >= 4 is 29.1 Å². The Hall–Kier alpha value is -3.02. The first-order valence-electron chi connectivity index (χ1n) is 13.0. The van der Waals surface area contributed by atoms with Crippen LogP contribution < -0.4 is 16.0 Å². The summed E-state index contributed by atoms with van der Waals surface area (Å²) in [4.78, 5) is 28.3. The normalized spacial score (nSPS) is 18.1. The van der Waals surface area contributed by atoms with E-state index in [0.29, 0.717) is 22.6 Å². The molecule has 0 atom stereocenters. The van der Waals surface area contributed by atoms with Crippen LogP contribution >= 0.6 is 0 Å². The molecular formula is C29H41N3O3. The molecule has 2 aromatic carbocycles. The van der Waals surface area contributed by atoms with Gasteiger partial charge in [0.2, 0.25) is 0 Å². The third-order valence-electron chi connectivity index (χ3n) is 6.55. The molecule has 0 aromatic heterocycles. The van der Waals surface area contributed by atoms with Gasteiger partial charge in [-0.25, -0.2) is 4.79 Å². The molecule has 3 N–H and O–H groups in total. The van der Waals surface area contributed by atoms with Gasteiger partial charge in [0.15, 0.2) is 0 Å². The van der Waals surface area contributed by atoms with E-state index in [0.717, 1.165) is 31.6 Å². The molecule has 190 valence electrons. The number of anilines is 3. The number of nitrogen functional groups attached to an aromatic ring is 1. The number of hydrogen-bond acceptors (Lipinski definition) is 4. The fourth-order valence-corrected chi connectivity index (χ4v) is 4.84. The van der Waals surface area contributed by atoms with Crippen LogP contribution in [0.3, 0.4) is 0 Å². The molecule has 1 fully saturated rings. The van der Waals surface area contributed by atoms with Crippen LogP contribution in [0.4, 0.5) is 21.9 Å². The van der Waals surface area contributed by atoms with Gasteiger partial charge in [0.05, 0.1) is 11.4 Å². The molecule has 0 spiro atoms. The largest absolute Gasteiger partial charge is 0.444 e. The van der Waals surface area contributed by atoms with Crippen LogP contribution in [-0.2, 0) is 4.74 Å². The highest BCUT2D eigenvalue weighted by Crippen LogP contribution is 2.38. The van der Waals surface area contributed by atoms with Gasteiger partial charge in [0, 0.05) is 17.3 Å². The number of unbranched alkanes of at least 4 members (excludes halogenated alkanes) is 2. The van der Waals surface area contributed by atoms with Crippen LogP contribution in [0.5, 0.6) is 0 Å². The lowest BCUT2D eigenvalue weighted by Crippen LogP contribution is -2.43. The fourth-order valence-electron chi connectivity index (χ4n) is 4.84. The maximum absolute atomic E-state index is 13.8. The second kappa shape index (κ2) is 12.1. The number of carbonyl (C=O) groups is 2. The summed E-state index contributed by atoms with van der Waals surface area (Å²) in [5, 5.41) is 2.84. The summed E-state index contributed by atoms with van der Waals surface area (Å²) in [6, 6.07) is 14.7. The zero-order valence-electron chi connectivity index (χ0n) is 21.7. The highest BCUT2D eigenvalue weighted by Gasteiger charge is 2.32. The fraction of sp³-hybridized carbons (Fsp3) is 0.517. The lowest BCUT2D eigenvalue weighted by atomic mass is 9.82. The number of nitrogens with one attached hydrogen (secondary N) is 1. The molecular weight excluding hydrogens is 438 g/mol. The van der Waals surface area contributed by atoms with E-state index in [1.165, 1.54) is 25.7 Å². The van der Waals surface area contributed by atoms with Gasteiger partial charge in [-0.15, -0.1) is 0 Å². The van der Waals surface area contributed by atoms with Crippen LogP contribution in [0.25, 0.3) is 0 Å². The van der Waals surface area contributed by atoms with Crippen LogP contribution in [0, 0.1) is 5.92 Å². The molecule has 1 aliphatic carbocycles.